The van der Waals surface area contributed by atoms with Crippen molar-refractivity contribution >= 4 is 27.5 Å². The molecule has 1 aromatic rings. The highest BCUT2D eigenvalue weighted by atomic mass is 79.9. The van der Waals surface area contributed by atoms with Crippen LogP contribution in [0, 0.1) is 5.41 Å². The average Bonchev–Trinajstić information content (AvgIpc) is 2.60. The van der Waals surface area contributed by atoms with Gasteiger partial charge in [0.05, 0.1) is 5.69 Å². The minimum atomic E-state index is 0.496. The third-order valence-corrected chi connectivity index (χ3v) is 4.20. The maximum Gasteiger partial charge on any atom is 0.0761 e. The van der Waals surface area contributed by atoms with Crippen LogP contribution in [-0.2, 0) is 6.42 Å². The van der Waals surface area contributed by atoms with Gasteiger partial charge in [-0.3, -0.25) is 0 Å². The number of hydrogen-bond donors (Lipinski definition) is 0. The van der Waals surface area contributed by atoms with E-state index < -0.39 is 0 Å². The van der Waals surface area contributed by atoms with Gasteiger partial charge in [0, 0.05) is 10.2 Å². The Balaban J connectivity index is 2.04. The Morgan fingerprint density at radius 2 is 2.50 bits per heavy atom. The Labute approximate surface area is 84.7 Å². The van der Waals surface area contributed by atoms with Gasteiger partial charge >= 0.3 is 0 Å². The Hall–Kier alpha value is 0.0400. The predicted molar refractivity (Wildman–Crippen MR) is 53.7 cm³/mol. The SMILES string of the molecule is CC(Br)C1(Cc2csnn2)CC1. The molecule has 12 heavy (non-hydrogen) atoms. The van der Waals surface area contributed by atoms with Crippen molar-refractivity contribution in [3.8, 4) is 0 Å². The van der Waals surface area contributed by atoms with Gasteiger partial charge in [0.15, 0.2) is 0 Å². The summed E-state index contributed by atoms with van der Waals surface area (Å²) in [5, 5.41) is 6.12. The Morgan fingerprint density at radius 1 is 1.75 bits per heavy atom. The van der Waals surface area contributed by atoms with Gasteiger partial charge in [-0.05, 0) is 36.2 Å². The molecule has 0 saturated heterocycles. The predicted octanol–water partition coefficient (Wildman–Crippen LogP) is 2.64. The summed E-state index contributed by atoms with van der Waals surface area (Å²) in [6.07, 6.45) is 3.75. The molecule has 1 aliphatic rings. The zero-order valence-corrected chi connectivity index (χ0v) is 9.36. The van der Waals surface area contributed by atoms with E-state index in [1.165, 1.54) is 24.4 Å². The average molecular weight is 247 g/mol. The second-order valence-electron chi connectivity index (χ2n) is 3.55. The molecule has 1 fully saturated rings. The van der Waals surface area contributed by atoms with Crippen molar-refractivity contribution in [3.05, 3.63) is 11.1 Å². The lowest BCUT2D eigenvalue weighted by molar-refractivity contribution is 0.501. The van der Waals surface area contributed by atoms with Crippen molar-refractivity contribution in [1.82, 2.24) is 9.59 Å². The summed E-state index contributed by atoms with van der Waals surface area (Å²) in [5.74, 6) is 0. The van der Waals surface area contributed by atoms with E-state index in [1.54, 1.807) is 0 Å². The number of alkyl halides is 1. The molecule has 0 spiro atoms. The largest absolute Gasteiger partial charge is 0.143 e. The van der Waals surface area contributed by atoms with Gasteiger partial charge in [0.25, 0.3) is 0 Å². The van der Waals surface area contributed by atoms with Gasteiger partial charge < -0.3 is 0 Å². The standard InChI is InChI=1S/C8H11BrN2S/c1-6(9)8(2-3-8)4-7-5-12-11-10-7/h5-6H,2-4H2,1H3. The number of nitrogens with zero attached hydrogens (tertiary/aromatic N) is 2. The van der Waals surface area contributed by atoms with Gasteiger partial charge in [-0.15, -0.1) is 5.10 Å². The third-order valence-electron chi connectivity index (χ3n) is 2.67. The Bertz CT molecular complexity index is 254. The van der Waals surface area contributed by atoms with Crippen LogP contribution in [0.4, 0.5) is 0 Å². The monoisotopic (exact) mass is 246 g/mol. The van der Waals surface area contributed by atoms with E-state index in [1.807, 2.05) is 0 Å². The quantitative estimate of drug-likeness (QED) is 0.767. The molecule has 1 heterocycles. The fraction of sp³-hybridized carbons (Fsp3) is 0.750. The summed E-state index contributed by atoms with van der Waals surface area (Å²) in [6.45, 7) is 2.23. The first kappa shape index (κ1) is 8.63. The van der Waals surface area contributed by atoms with Gasteiger partial charge in [-0.2, -0.15) is 0 Å². The topological polar surface area (TPSA) is 25.8 Å². The number of hydrogen-bond acceptors (Lipinski definition) is 3. The van der Waals surface area contributed by atoms with Gasteiger partial charge in [-0.1, -0.05) is 27.3 Å². The van der Waals surface area contributed by atoms with Crippen molar-refractivity contribution in [3.63, 3.8) is 0 Å². The van der Waals surface area contributed by atoms with E-state index in [9.17, 15) is 0 Å². The van der Waals surface area contributed by atoms with Crippen LogP contribution in [0.3, 0.4) is 0 Å². The molecule has 1 atom stereocenters. The van der Waals surface area contributed by atoms with Crippen LogP contribution < -0.4 is 0 Å². The van der Waals surface area contributed by atoms with E-state index in [2.05, 4.69) is 37.8 Å². The molecule has 0 aliphatic heterocycles. The fourth-order valence-corrected chi connectivity index (χ4v) is 2.57. The molecule has 0 bridgehead atoms. The molecule has 0 radical (unpaired) electrons. The molecule has 2 nitrogen and oxygen atoms in total. The van der Waals surface area contributed by atoms with Crippen molar-refractivity contribution in [2.24, 2.45) is 5.41 Å². The lowest BCUT2D eigenvalue weighted by Crippen LogP contribution is -2.15. The molecule has 4 heteroatoms. The number of halogens is 1. The van der Waals surface area contributed by atoms with E-state index >= 15 is 0 Å². The molecule has 1 unspecified atom stereocenters. The van der Waals surface area contributed by atoms with Crippen molar-refractivity contribution in [2.75, 3.05) is 0 Å². The zero-order valence-electron chi connectivity index (χ0n) is 6.96. The first-order chi connectivity index (χ1) is 5.73. The normalized spacial score (nSPS) is 22.2. The Kier molecular flexibility index (Phi) is 2.21. The third kappa shape index (κ3) is 1.55. The molecule has 1 aromatic heterocycles. The van der Waals surface area contributed by atoms with E-state index in [4.69, 9.17) is 0 Å². The summed E-state index contributed by atoms with van der Waals surface area (Å²) in [6, 6.07) is 0. The molecule has 0 amide bonds. The molecular formula is C8H11BrN2S. The summed E-state index contributed by atoms with van der Waals surface area (Å²) >= 11 is 5.10. The second kappa shape index (κ2) is 3.07. The van der Waals surface area contributed by atoms with Crippen LogP contribution in [-0.4, -0.2) is 14.4 Å². The van der Waals surface area contributed by atoms with Crippen molar-refractivity contribution < 1.29 is 0 Å². The second-order valence-corrected chi connectivity index (χ2v) is 5.53. The van der Waals surface area contributed by atoms with Crippen molar-refractivity contribution in [1.29, 1.82) is 0 Å². The smallest absolute Gasteiger partial charge is 0.0761 e. The van der Waals surface area contributed by atoms with Gasteiger partial charge in [-0.25, -0.2) is 0 Å². The Morgan fingerprint density at radius 3 is 2.92 bits per heavy atom. The minimum Gasteiger partial charge on any atom is -0.143 e. The molecular weight excluding hydrogens is 236 g/mol. The maximum atomic E-state index is 4.07. The minimum absolute atomic E-state index is 0.496. The molecule has 2 rings (SSSR count). The summed E-state index contributed by atoms with van der Waals surface area (Å²) in [5.41, 5.74) is 1.65. The number of aromatic nitrogens is 2. The van der Waals surface area contributed by atoms with Crippen LogP contribution in [0.25, 0.3) is 0 Å². The van der Waals surface area contributed by atoms with E-state index in [0.29, 0.717) is 10.2 Å². The van der Waals surface area contributed by atoms with E-state index in [0.717, 1.165) is 12.1 Å². The highest BCUT2D eigenvalue weighted by Crippen LogP contribution is 2.53. The molecule has 0 aromatic carbocycles. The summed E-state index contributed by atoms with van der Waals surface area (Å²) in [4.78, 5) is 0.603. The van der Waals surface area contributed by atoms with Gasteiger partial charge in [0.2, 0.25) is 0 Å². The lowest BCUT2D eigenvalue weighted by Gasteiger charge is -2.15. The zero-order chi connectivity index (χ0) is 8.60. The van der Waals surface area contributed by atoms with Crippen LogP contribution in [0.15, 0.2) is 5.38 Å². The van der Waals surface area contributed by atoms with E-state index in [-0.39, 0.29) is 0 Å². The molecule has 1 aliphatic carbocycles. The summed E-state index contributed by atoms with van der Waals surface area (Å²) < 4.78 is 3.87. The maximum absolute atomic E-state index is 4.07. The highest BCUT2D eigenvalue weighted by Gasteiger charge is 2.46. The molecule has 0 N–H and O–H groups in total. The van der Waals surface area contributed by atoms with Crippen LogP contribution in [0.5, 0.6) is 0 Å². The van der Waals surface area contributed by atoms with Crippen LogP contribution in [0.2, 0.25) is 0 Å². The first-order valence-corrected chi connectivity index (χ1v) is 5.88. The lowest BCUT2D eigenvalue weighted by atomic mass is 9.98. The van der Waals surface area contributed by atoms with Crippen LogP contribution >= 0.6 is 27.5 Å². The molecule has 1 saturated carbocycles. The molecule has 66 valence electrons. The highest BCUT2D eigenvalue weighted by molar-refractivity contribution is 9.09. The number of rotatable bonds is 3. The summed E-state index contributed by atoms with van der Waals surface area (Å²) in [7, 11) is 0. The first-order valence-electron chi connectivity index (χ1n) is 4.13. The fourth-order valence-electron chi connectivity index (χ4n) is 1.50. The van der Waals surface area contributed by atoms with Gasteiger partial charge in [0.1, 0.15) is 0 Å². The van der Waals surface area contributed by atoms with Crippen molar-refractivity contribution in [2.45, 2.75) is 31.0 Å². The van der Waals surface area contributed by atoms with Crippen LogP contribution in [0.1, 0.15) is 25.5 Å².